The van der Waals surface area contributed by atoms with Gasteiger partial charge in [-0.05, 0) is 44.2 Å². The van der Waals surface area contributed by atoms with Crippen LogP contribution in [-0.2, 0) is 11.4 Å². The molecule has 0 atom stereocenters. The first kappa shape index (κ1) is 17.2. The van der Waals surface area contributed by atoms with Crippen LogP contribution in [0.2, 0.25) is 0 Å². The maximum atomic E-state index is 12.8. The Kier molecular flexibility index (Phi) is 4.22. The topological polar surface area (TPSA) is 107 Å². The molecule has 0 spiro atoms. The SMILES string of the molecule is CC1(C)C=C(n2cccc(CO[N+](=O)[O-])c2=O)c2cc(C#N)ccc2O1. The van der Waals surface area contributed by atoms with Crippen LogP contribution in [0.5, 0.6) is 5.75 Å². The van der Waals surface area contributed by atoms with Gasteiger partial charge in [-0.2, -0.15) is 5.26 Å². The fraction of sp³-hybridized carbons (Fsp3) is 0.222. The van der Waals surface area contributed by atoms with Crippen molar-refractivity contribution in [2.75, 3.05) is 0 Å². The van der Waals surface area contributed by atoms with Crippen LogP contribution in [0, 0.1) is 21.4 Å². The third-order valence-electron chi connectivity index (χ3n) is 3.85. The highest BCUT2D eigenvalue weighted by atomic mass is 16.9. The molecule has 2 aromatic rings. The summed E-state index contributed by atoms with van der Waals surface area (Å²) in [6, 6.07) is 10.1. The first-order valence-electron chi connectivity index (χ1n) is 7.75. The summed E-state index contributed by atoms with van der Waals surface area (Å²) in [4.78, 5) is 27.5. The van der Waals surface area contributed by atoms with E-state index < -0.39 is 22.9 Å². The van der Waals surface area contributed by atoms with Crippen molar-refractivity contribution in [3.8, 4) is 11.8 Å². The molecule has 8 nitrogen and oxygen atoms in total. The van der Waals surface area contributed by atoms with Gasteiger partial charge in [0.25, 0.3) is 10.6 Å². The van der Waals surface area contributed by atoms with Gasteiger partial charge in [-0.3, -0.25) is 9.36 Å². The number of ether oxygens (including phenoxy) is 1. The van der Waals surface area contributed by atoms with Gasteiger partial charge in [0.15, 0.2) is 0 Å². The average molecular weight is 353 g/mol. The summed E-state index contributed by atoms with van der Waals surface area (Å²) in [5.74, 6) is 0.547. The van der Waals surface area contributed by atoms with Crippen LogP contribution in [0.15, 0.2) is 47.4 Å². The molecule has 0 amide bonds. The number of hydrogen-bond acceptors (Lipinski definition) is 6. The molecule has 0 unspecified atom stereocenters. The number of aromatic nitrogens is 1. The highest BCUT2D eigenvalue weighted by Gasteiger charge is 2.28. The van der Waals surface area contributed by atoms with E-state index in [0.717, 1.165) is 0 Å². The summed E-state index contributed by atoms with van der Waals surface area (Å²) >= 11 is 0. The molecular weight excluding hydrogens is 338 g/mol. The van der Waals surface area contributed by atoms with E-state index in [1.54, 1.807) is 36.5 Å². The molecule has 1 aliphatic rings. The minimum atomic E-state index is -0.942. The highest BCUT2D eigenvalue weighted by molar-refractivity contribution is 5.74. The summed E-state index contributed by atoms with van der Waals surface area (Å²) in [5, 5.41) is 18.6. The van der Waals surface area contributed by atoms with Crippen molar-refractivity contribution in [1.82, 2.24) is 4.57 Å². The molecule has 26 heavy (non-hydrogen) atoms. The Hall–Kier alpha value is -3.60. The van der Waals surface area contributed by atoms with Gasteiger partial charge >= 0.3 is 0 Å². The predicted molar refractivity (Wildman–Crippen MR) is 91.7 cm³/mol. The summed E-state index contributed by atoms with van der Waals surface area (Å²) in [7, 11) is 0. The number of pyridine rings is 1. The van der Waals surface area contributed by atoms with Crippen molar-refractivity contribution in [1.29, 1.82) is 5.26 Å². The second kappa shape index (κ2) is 6.37. The molecule has 1 aromatic carbocycles. The summed E-state index contributed by atoms with van der Waals surface area (Å²) in [6.07, 6.45) is 3.34. The Morgan fingerprint density at radius 1 is 1.38 bits per heavy atom. The minimum absolute atomic E-state index is 0.146. The first-order chi connectivity index (χ1) is 12.3. The lowest BCUT2D eigenvalue weighted by Gasteiger charge is -2.31. The molecule has 2 heterocycles. The van der Waals surface area contributed by atoms with Crippen LogP contribution >= 0.6 is 0 Å². The molecule has 0 fully saturated rings. The van der Waals surface area contributed by atoms with Gasteiger partial charge in [0.1, 0.15) is 18.0 Å². The van der Waals surface area contributed by atoms with Crippen molar-refractivity contribution in [2.45, 2.75) is 26.1 Å². The Morgan fingerprint density at radius 2 is 2.15 bits per heavy atom. The smallest absolute Gasteiger partial charge is 0.294 e. The zero-order valence-corrected chi connectivity index (χ0v) is 14.1. The number of fused-ring (bicyclic) bond motifs is 1. The highest BCUT2D eigenvalue weighted by Crippen LogP contribution is 2.36. The fourth-order valence-electron chi connectivity index (χ4n) is 2.77. The van der Waals surface area contributed by atoms with E-state index in [-0.39, 0.29) is 5.56 Å². The molecule has 1 aliphatic heterocycles. The monoisotopic (exact) mass is 353 g/mol. The Bertz CT molecular complexity index is 1010. The summed E-state index contributed by atoms with van der Waals surface area (Å²) in [6.45, 7) is 3.25. The fourth-order valence-corrected chi connectivity index (χ4v) is 2.77. The molecule has 3 rings (SSSR count). The first-order valence-corrected chi connectivity index (χ1v) is 7.75. The van der Waals surface area contributed by atoms with Crippen LogP contribution in [0.1, 0.15) is 30.5 Å². The van der Waals surface area contributed by atoms with Crippen LogP contribution in [0.25, 0.3) is 5.70 Å². The van der Waals surface area contributed by atoms with E-state index in [1.165, 1.54) is 10.6 Å². The van der Waals surface area contributed by atoms with E-state index in [1.807, 2.05) is 13.8 Å². The van der Waals surface area contributed by atoms with Crippen LogP contribution < -0.4 is 10.3 Å². The molecule has 0 bridgehead atoms. The molecular formula is C18H15N3O5. The Balaban J connectivity index is 2.15. The van der Waals surface area contributed by atoms with E-state index in [9.17, 15) is 14.9 Å². The molecule has 0 saturated carbocycles. The third kappa shape index (κ3) is 3.28. The second-order valence-electron chi connectivity index (χ2n) is 6.26. The van der Waals surface area contributed by atoms with Crippen LogP contribution in [0.4, 0.5) is 0 Å². The lowest BCUT2D eigenvalue weighted by atomic mass is 9.97. The zero-order valence-electron chi connectivity index (χ0n) is 14.1. The van der Waals surface area contributed by atoms with Gasteiger partial charge in [-0.15, -0.1) is 10.1 Å². The van der Waals surface area contributed by atoms with E-state index in [2.05, 4.69) is 10.9 Å². The minimum Gasteiger partial charge on any atom is -0.483 e. The Morgan fingerprint density at radius 3 is 2.85 bits per heavy atom. The molecule has 0 N–H and O–H groups in total. The van der Waals surface area contributed by atoms with Crippen molar-refractivity contribution in [2.24, 2.45) is 0 Å². The average Bonchev–Trinajstić information content (AvgIpc) is 2.59. The lowest BCUT2D eigenvalue weighted by Crippen LogP contribution is -2.33. The number of benzene rings is 1. The standard InChI is InChI=1S/C18H15N3O5/c1-18(2)9-15(14-8-12(10-19)5-6-16(14)26-18)20-7-3-4-13(17(20)22)11-25-21(23)24/h3-9H,11H2,1-2H3. The normalized spacial score (nSPS) is 14.4. The van der Waals surface area contributed by atoms with Gasteiger partial charge in [0, 0.05) is 17.3 Å². The van der Waals surface area contributed by atoms with Gasteiger partial charge in [-0.25, -0.2) is 0 Å². The van der Waals surface area contributed by atoms with Crippen molar-refractivity contribution < 1.29 is 14.7 Å². The molecule has 1 aromatic heterocycles. The summed E-state index contributed by atoms with van der Waals surface area (Å²) in [5.41, 5.74) is 0.598. The predicted octanol–water partition coefficient (Wildman–Crippen LogP) is 2.49. The maximum Gasteiger partial charge on any atom is 0.294 e. The van der Waals surface area contributed by atoms with Gasteiger partial charge in [-0.1, -0.05) is 6.07 Å². The van der Waals surface area contributed by atoms with Crippen molar-refractivity contribution in [3.05, 3.63) is 79.8 Å². The zero-order chi connectivity index (χ0) is 18.9. The molecule has 0 radical (unpaired) electrons. The molecule has 132 valence electrons. The number of rotatable bonds is 4. The molecule has 8 heteroatoms. The lowest BCUT2D eigenvalue weighted by molar-refractivity contribution is -0.763. The van der Waals surface area contributed by atoms with Crippen molar-refractivity contribution >= 4 is 5.70 Å². The van der Waals surface area contributed by atoms with Crippen molar-refractivity contribution in [3.63, 3.8) is 0 Å². The molecule has 0 aliphatic carbocycles. The van der Waals surface area contributed by atoms with Gasteiger partial charge in [0.05, 0.1) is 17.3 Å². The number of hydrogen-bond donors (Lipinski definition) is 0. The van der Waals surface area contributed by atoms with Crippen LogP contribution in [-0.4, -0.2) is 15.3 Å². The maximum absolute atomic E-state index is 12.8. The van der Waals surface area contributed by atoms with Gasteiger partial charge in [0.2, 0.25) is 0 Å². The molecule has 0 saturated heterocycles. The van der Waals surface area contributed by atoms with E-state index in [0.29, 0.717) is 22.6 Å². The van der Waals surface area contributed by atoms with Crippen LogP contribution in [0.3, 0.4) is 0 Å². The largest absolute Gasteiger partial charge is 0.483 e. The summed E-state index contributed by atoms with van der Waals surface area (Å²) < 4.78 is 7.28. The number of nitrogens with zero attached hydrogens (tertiary/aromatic N) is 3. The third-order valence-corrected chi connectivity index (χ3v) is 3.85. The quantitative estimate of drug-likeness (QED) is 0.617. The Labute approximate surface area is 148 Å². The second-order valence-corrected chi connectivity index (χ2v) is 6.26. The number of nitriles is 1. The van der Waals surface area contributed by atoms with E-state index >= 15 is 0 Å². The van der Waals surface area contributed by atoms with E-state index in [4.69, 9.17) is 10.00 Å². The van der Waals surface area contributed by atoms with Gasteiger partial charge < -0.3 is 9.57 Å².